The van der Waals surface area contributed by atoms with Crippen LogP contribution in [0.4, 0.5) is 24.5 Å². The molecule has 2 rings (SSSR count). The molecule has 0 aliphatic rings. The Balaban J connectivity index is 1.98. The van der Waals surface area contributed by atoms with Crippen molar-refractivity contribution < 1.29 is 22.8 Å². The number of halogens is 3. The first-order valence-corrected chi connectivity index (χ1v) is 8.20. The fourth-order valence-electron chi connectivity index (χ4n) is 2.35. The summed E-state index contributed by atoms with van der Waals surface area (Å²) in [5, 5.41) is 4.82. The number of carbonyl (C=O) groups is 2. The van der Waals surface area contributed by atoms with Gasteiger partial charge in [0.25, 0.3) is 5.91 Å². The Kier molecular flexibility index (Phi) is 6.44. The van der Waals surface area contributed by atoms with Gasteiger partial charge in [0.05, 0.1) is 11.3 Å². The number of rotatable bonds is 6. The molecular formula is C19H20F3N3O2. The SMILES string of the molecule is CN(C)c1ccc(NC(=O)CCNC(=O)c2ccccc2)c(C(F)(F)F)c1. The molecule has 0 aliphatic heterocycles. The number of alkyl halides is 3. The molecule has 2 N–H and O–H groups in total. The molecule has 0 unspecified atom stereocenters. The molecule has 144 valence electrons. The first kappa shape index (κ1) is 20.3. The van der Waals surface area contributed by atoms with Gasteiger partial charge in [-0.15, -0.1) is 0 Å². The van der Waals surface area contributed by atoms with Crippen molar-refractivity contribution in [2.24, 2.45) is 0 Å². The highest BCUT2D eigenvalue weighted by molar-refractivity contribution is 5.95. The highest BCUT2D eigenvalue weighted by Gasteiger charge is 2.34. The first-order valence-electron chi connectivity index (χ1n) is 8.20. The van der Waals surface area contributed by atoms with Crippen LogP contribution in [-0.4, -0.2) is 32.5 Å². The number of hydrogen-bond acceptors (Lipinski definition) is 3. The molecule has 0 atom stereocenters. The van der Waals surface area contributed by atoms with Gasteiger partial charge >= 0.3 is 6.18 Å². The van der Waals surface area contributed by atoms with Crippen molar-refractivity contribution in [1.82, 2.24) is 5.32 Å². The molecule has 2 aromatic carbocycles. The van der Waals surface area contributed by atoms with Crippen LogP contribution in [-0.2, 0) is 11.0 Å². The van der Waals surface area contributed by atoms with Crippen LogP contribution < -0.4 is 15.5 Å². The van der Waals surface area contributed by atoms with Crippen molar-refractivity contribution in [2.45, 2.75) is 12.6 Å². The average molecular weight is 379 g/mol. The van der Waals surface area contributed by atoms with E-state index in [1.807, 2.05) is 0 Å². The zero-order chi connectivity index (χ0) is 20.0. The third kappa shape index (κ3) is 5.73. The summed E-state index contributed by atoms with van der Waals surface area (Å²) in [6.07, 6.45) is -4.75. The summed E-state index contributed by atoms with van der Waals surface area (Å²) in [5.41, 5.74) is -0.421. The highest BCUT2D eigenvalue weighted by atomic mass is 19.4. The smallest absolute Gasteiger partial charge is 0.378 e. The molecule has 0 saturated heterocycles. The van der Waals surface area contributed by atoms with Crippen LogP contribution in [0.15, 0.2) is 48.5 Å². The van der Waals surface area contributed by atoms with Crippen LogP contribution in [0.5, 0.6) is 0 Å². The Morgan fingerprint density at radius 3 is 2.30 bits per heavy atom. The predicted molar refractivity (Wildman–Crippen MR) is 97.8 cm³/mol. The molecule has 5 nitrogen and oxygen atoms in total. The molecule has 8 heteroatoms. The van der Waals surface area contributed by atoms with Crippen molar-refractivity contribution in [3.63, 3.8) is 0 Å². The van der Waals surface area contributed by atoms with E-state index >= 15 is 0 Å². The lowest BCUT2D eigenvalue weighted by Crippen LogP contribution is -2.28. The van der Waals surface area contributed by atoms with Gasteiger partial charge in [-0.25, -0.2) is 0 Å². The fourth-order valence-corrected chi connectivity index (χ4v) is 2.35. The number of nitrogens with one attached hydrogen (secondary N) is 2. The Labute approximate surface area is 155 Å². The van der Waals surface area contributed by atoms with Crippen molar-refractivity contribution >= 4 is 23.2 Å². The fraction of sp³-hybridized carbons (Fsp3) is 0.263. The number of nitrogens with zero attached hydrogens (tertiary/aromatic N) is 1. The van der Waals surface area contributed by atoms with Crippen molar-refractivity contribution in [3.05, 3.63) is 59.7 Å². The monoisotopic (exact) mass is 379 g/mol. The summed E-state index contributed by atoms with van der Waals surface area (Å²) in [7, 11) is 3.26. The van der Waals surface area contributed by atoms with E-state index in [4.69, 9.17) is 0 Å². The molecule has 0 spiro atoms. The summed E-state index contributed by atoms with van der Waals surface area (Å²) in [6, 6.07) is 12.1. The second-order valence-corrected chi connectivity index (χ2v) is 6.04. The largest absolute Gasteiger partial charge is 0.418 e. The van der Waals surface area contributed by atoms with E-state index in [0.29, 0.717) is 11.3 Å². The molecule has 0 radical (unpaired) electrons. The van der Waals surface area contributed by atoms with Gasteiger partial charge in [-0.05, 0) is 30.3 Å². The lowest BCUT2D eigenvalue weighted by molar-refractivity contribution is -0.136. The summed E-state index contributed by atoms with van der Waals surface area (Å²) < 4.78 is 39.8. The van der Waals surface area contributed by atoms with Gasteiger partial charge in [-0.1, -0.05) is 18.2 Å². The normalized spacial score (nSPS) is 11.0. The van der Waals surface area contributed by atoms with Gasteiger partial charge < -0.3 is 15.5 Å². The maximum absolute atomic E-state index is 13.3. The lowest BCUT2D eigenvalue weighted by Gasteiger charge is -2.18. The summed E-state index contributed by atoms with van der Waals surface area (Å²) >= 11 is 0. The van der Waals surface area contributed by atoms with Gasteiger partial charge in [0.2, 0.25) is 5.91 Å². The number of anilines is 2. The standard InChI is InChI=1S/C19H20F3N3O2/c1-25(2)14-8-9-16(15(12-14)19(20,21)22)24-17(26)10-11-23-18(27)13-6-4-3-5-7-13/h3-9,12H,10-11H2,1-2H3,(H,23,27)(H,24,26). The summed E-state index contributed by atoms with van der Waals surface area (Å²) in [6.45, 7) is 0.0106. The van der Waals surface area contributed by atoms with E-state index in [9.17, 15) is 22.8 Å². The molecule has 0 aliphatic carbocycles. The number of hydrogen-bond donors (Lipinski definition) is 2. The van der Waals surface area contributed by atoms with E-state index in [2.05, 4.69) is 10.6 Å². The van der Waals surface area contributed by atoms with E-state index in [0.717, 1.165) is 6.07 Å². The maximum Gasteiger partial charge on any atom is 0.418 e. The molecular weight excluding hydrogens is 359 g/mol. The van der Waals surface area contributed by atoms with Crippen LogP contribution in [0.1, 0.15) is 22.3 Å². The minimum absolute atomic E-state index is 0.0106. The zero-order valence-corrected chi connectivity index (χ0v) is 14.9. The molecule has 27 heavy (non-hydrogen) atoms. The van der Waals surface area contributed by atoms with Gasteiger partial charge in [-0.2, -0.15) is 13.2 Å². The second kappa shape index (κ2) is 8.57. The molecule has 0 saturated carbocycles. The number of amides is 2. The minimum atomic E-state index is -4.60. The van der Waals surface area contributed by atoms with Gasteiger partial charge in [0, 0.05) is 38.3 Å². The zero-order valence-electron chi connectivity index (χ0n) is 14.9. The van der Waals surface area contributed by atoms with Gasteiger partial charge in [0.1, 0.15) is 0 Å². The van der Waals surface area contributed by atoms with E-state index in [1.165, 1.54) is 12.1 Å². The molecule has 0 aromatic heterocycles. The Morgan fingerprint density at radius 2 is 1.70 bits per heavy atom. The highest BCUT2D eigenvalue weighted by Crippen LogP contribution is 2.37. The van der Waals surface area contributed by atoms with Crippen LogP contribution in [0.25, 0.3) is 0 Å². The molecule has 0 heterocycles. The third-order valence-electron chi connectivity index (χ3n) is 3.77. The van der Waals surface area contributed by atoms with Crippen molar-refractivity contribution in [3.8, 4) is 0 Å². The van der Waals surface area contributed by atoms with E-state index < -0.39 is 17.6 Å². The van der Waals surface area contributed by atoms with E-state index in [-0.39, 0.29) is 24.6 Å². The van der Waals surface area contributed by atoms with Crippen molar-refractivity contribution in [2.75, 3.05) is 30.9 Å². The second-order valence-electron chi connectivity index (χ2n) is 6.04. The van der Waals surface area contributed by atoms with Crippen LogP contribution in [0.2, 0.25) is 0 Å². The van der Waals surface area contributed by atoms with Crippen LogP contribution in [0.3, 0.4) is 0 Å². The maximum atomic E-state index is 13.3. The number of carbonyl (C=O) groups excluding carboxylic acids is 2. The first-order chi connectivity index (χ1) is 12.7. The molecule has 0 bridgehead atoms. The van der Waals surface area contributed by atoms with Crippen LogP contribution in [0, 0.1) is 0 Å². The topological polar surface area (TPSA) is 61.4 Å². The predicted octanol–water partition coefficient (Wildman–Crippen LogP) is 3.53. The van der Waals surface area contributed by atoms with Gasteiger partial charge in [0.15, 0.2) is 0 Å². The molecule has 2 amide bonds. The van der Waals surface area contributed by atoms with E-state index in [1.54, 1.807) is 49.3 Å². The lowest BCUT2D eigenvalue weighted by atomic mass is 10.1. The average Bonchev–Trinajstić information content (AvgIpc) is 2.61. The molecule has 0 fully saturated rings. The Hall–Kier alpha value is -3.03. The Bertz CT molecular complexity index is 806. The van der Waals surface area contributed by atoms with Gasteiger partial charge in [-0.3, -0.25) is 9.59 Å². The quantitative estimate of drug-likeness (QED) is 0.807. The Morgan fingerprint density at radius 1 is 1.04 bits per heavy atom. The molecule has 2 aromatic rings. The third-order valence-corrected chi connectivity index (χ3v) is 3.77. The van der Waals surface area contributed by atoms with Crippen LogP contribution >= 0.6 is 0 Å². The summed E-state index contributed by atoms with van der Waals surface area (Å²) in [4.78, 5) is 25.4. The van der Waals surface area contributed by atoms with Crippen molar-refractivity contribution in [1.29, 1.82) is 0 Å². The minimum Gasteiger partial charge on any atom is -0.378 e. The summed E-state index contributed by atoms with van der Waals surface area (Å²) in [5.74, 6) is -0.971. The number of benzene rings is 2.